The summed E-state index contributed by atoms with van der Waals surface area (Å²) in [5.41, 5.74) is 3.57. The van der Waals surface area contributed by atoms with Crippen LogP contribution in [0.5, 0.6) is 5.75 Å². The molecule has 3 aromatic rings. The molecule has 1 aliphatic heterocycles. The van der Waals surface area contributed by atoms with E-state index < -0.39 is 0 Å². The topological polar surface area (TPSA) is 97.1 Å². The van der Waals surface area contributed by atoms with Gasteiger partial charge in [0.05, 0.1) is 11.6 Å². The third kappa shape index (κ3) is 5.54. The second kappa shape index (κ2) is 10.1. The van der Waals surface area contributed by atoms with E-state index in [2.05, 4.69) is 39.6 Å². The van der Waals surface area contributed by atoms with E-state index in [0.29, 0.717) is 17.6 Å². The quantitative estimate of drug-likeness (QED) is 0.496. The molecule has 0 radical (unpaired) electrons. The molecule has 0 amide bonds. The minimum absolute atomic E-state index is 0.288. The lowest BCUT2D eigenvalue weighted by molar-refractivity contribution is 0.474. The van der Waals surface area contributed by atoms with Crippen molar-refractivity contribution in [3.05, 3.63) is 71.4 Å². The Balaban J connectivity index is 1.45. The molecule has 2 heterocycles. The maximum atomic E-state index is 9.44. The molecule has 1 saturated heterocycles. The predicted molar refractivity (Wildman–Crippen MR) is 126 cm³/mol. The number of nitrogens with zero attached hydrogens (tertiary/aromatic N) is 4. The molecular weight excluding hydrogens is 400 g/mol. The molecule has 1 atom stereocenters. The van der Waals surface area contributed by atoms with E-state index in [9.17, 15) is 5.11 Å². The van der Waals surface area contributed by atoms with Crippen LogP contribution < -0.4 is 15.5 Å². The van der Waals surface area contributed by atoms with Gasteiger partial charge in [0.2, 0.25) is 5.95 Å². The molecule has 7 nitrogen and oxygen atoms in total. The number of phenols is 1. The molecule has 1 fully saturated rings. The highest BCUT2D eigenvalue weighted by molar-refractivity contribution is 5.58. The number of hydrogen-bond donors (Lipinski definition) is 3. The zero-order valence-corrected chi connectivity index (χ0v) is 18.3. The fraction of sp³-hybridized carbons (Fsp3) is 0.320. The third-order valence-corrected chi connectivity index (χ3v) is 5.56. The summed E-state index contributed by atoms with van der Waals surface area (Å²) in [6, 6.07) is 19.3. The van der Waals surface area contributed by atoms with Crippen LogP contribution in [0.15, 0.2) is 54.6 Å². The van der Waals surface area contributed by atoms with Gasteiger partial charge >= 0.3 is 0 Å². The van der Waals surface area contributed by atoms with Crippen LogP contribution in [0.2, 0.25) is 0 Å². The molecule has 32 heavy (non-hydrogen) atoms. The van der Waals surface area contributed by atoms with Gasteiger partial charge in [-0.15, -0.1) is 0 Å². The molecule has 3 N–H and O–H groups in total. The van der Waals surface area contributed by atoms with Crippen LogP contribution in [0.1, 0.15) is 36.6 Å². The number of nitriles is 1. The van der Waals surface area contributed by atoms with Crippen LogP contribution in [0.3, 0.4) is 0 Å². The molecular formula is C25H28N6O. The van der Waals surface area contributed by atoms with Crippen molar-refractivity contribution in [3.63, 3.8) is 0 Å². The number of aromatic hydroxyl groups is 1. The van der Waals surface area contributed by atoms with Crippen molar-refractivity contribution in [1.82, 2.24) is 15.3 Å². The standard InChI is InChI=1S/C25H28N6O/c1-2-4-20-14-24(30-25(28-20)29-21-6-3-5-19(13-21)15-26)31-12-11-22(17-31)27-16-18-7-9-23(32)10-8-18/h3,5-10,13-14,22,27,32H,2,4,11-12,16-17H2,1H3,(H,28,29,30)/t22-/m0/s1. The summed E-state index contributed by atoms with van der Waals surface area (Å²) in [7, 11) is 0. The van der Waals surface area contributed by atoms with Crippen LogP contribution in [-0.4, -0.2) is 34.2 Å². The van der Waals surface area contributed by atoms with Gasteiger partial charge in [0.25, 0.3) is 0 Å². The van der Waals surface area contributed by atoms with E-state index in [-0.39, 0.29) is 5.75 Å². The van der Waals surface area contributed by atoms with Crippen LogP contribution >= 0.6 is 0 Å². The lowest BCUT2D eigenvalue weighted by Gasteiger charge is -2.20. The Morgan fingerprint density at radius 1 is 1.16 bits per heavy atom. The maximum absolute atomic E-state index is 9.44. The molecule has 0 spiro atoms. The summed E-state index contributed by atoms with van der Waals surface area (Å²) in [4.78, 5) is 11.8. The van der Waals surface area contributed by atoms with Crippen molar-refractivity contribution in [3.8, 4) is 11.8 Å². The normalized spacial score (nSPS) is 15.5. The molecule has 164 valence electrons. The molecule has 2 aromatic carbocycles. The highest BCUT2D eigenvalue weighted by Gasteiger charge is 2.24. The van der Waals surface area contributed by atoms with Gasteiger partial charge < -0.3 is 20.6 Å². The number of phenolic OH excluding ortho intramolecular Hbond substituents is 1. The number of hydrogen-bond acceptors (Lipinski definition) is 7. The first-order valence-corrected chi connectivity index (χ1v) is 11.0. The second-order valence-corrected chi connectivity index (χ2v) is 8.09. The van der Waals surface area contributed by atoms with Crippen molar-refractivity contribution in [1.29, 1.82) is 5.26 Å². The fourth-order valence-electron chi connectivity index (χ4n) is 3.89. The Hall–Kier alpha value is -3.63. The van der Waals surface area contributed by atoms with Gasteiger partial charge in [0, 0.05) is 43.1 Å². The third-order valence-electron chi connectivity index (χ3n) is 5.56. The smallest absolute Gasteiger partial charge is 0.229 e. The van der Waals surface area contributed by atoms with Gasteiger partial charge in [0.1, 0.15) is 11.6 Å². The van der Waals surface area contributed by atoms with E-state index in [1.165, 1.54) is 0 Å². The average molecular weight is 429 g/mol. The highest BCUT2D eigenvalue weighted by Crippen LogP contribution is 2.23. The van der Waals surface area contributed by atoms with Crippen molar-refractivity contribution in [2.45, 2.75) is 38.8 Å². The molecule has 0 aliphatic carbocycles. The van der Waals surface area contributed by atoms with Crippen molar-refractivity contribution in [2.75, 3.05) is 23.3 Å². The molecule has 1 aliphatic rings. The summed E-state index contributed by atoms with van der Waals surface area (Å²) in [5.74, 6) is 1.77. The number of nitrogens with one attached hydrogen (secondary N) is 2. The molecule has 4 rings (SSSR count). The molecule has 0 bridgehead atoms. The Kier molecular flexibility index (Phi) is 6.83. The first kappa shape index (κ1) is 21.6. The lowest BCUT2D eigenvalue weighted by atomic mass is 10.2. The monoisotopic (exact) mass is 428 g/mol. The van der Waals surface area contributed by atoms with E-state index in [0.717, 1.165) is 61.7 Å². The van der Waals surface area contributed by atoms with Gasteiger partial charge in [-0.05, 0) is 48.7 Å². The largest absolute Gasteiger partial charge is 0.508 e. The molecule has 1 aromatic heterocycles. The number of aryl methyl sites for hydroxylation is 1. The number of anilines is 3. The Bertz CT molecular complexity index is 1090. The summed E-state index contributed by atoms with van der Waals surface area (Å²) in [6.07, 6.45) is 2.94. The summed E-state index contributed by atoms with van der Waals surface area (Å²) >= 11 is 0. The number of benzene rings is 2. The number of aromatic nitrogens is 2. The first-order valence-electron chi connectivity index (χ1n) is 11.0. The Labute approximate surface area is 188 Å². The zero-order chi connectivity index (χ0) is 22.3. The molecule has 0 unspecified atom stereocenters. The summed E-state index contributed by atoms with van der Waals surface area (Å²) < 4.78 is 0. The first-order chi connectivity index (χ1) is 15.6. The summed E-state index contributed by atoms with van der Waals surface area (Å²) in [6.45, 7) is 4.72. The zero-order valence-electron chi connectivity index (χ0n) is 18.3. The van der Waals surface area contributed by atoms with Crippen LogP contribution in [0, 0.1) is 11.3 Å². The van der Waals surface area contributed by atoms with Crippen LogP contribution in [-0.2, 0) is 13.0 Å². The summed E-state index contributed by atoms with van der Waals surface area (Å²) in [5, 5.41) is 25.5. The SMILES string of the molecule is CCCc1cc(N2CC[C@H](NCc3ccc(O)cc3)C2)nc(Nc2cccc(C#N)c2)n1. The minimum atomic E-state index is 0.288. The second-order valence-electron chi connectivity index (χ2n) is 8.09. The van der Waals surface area contributed by atoms with Crippen molar-refractivity contribution >= 4 is 17.5 Å². The van der Waals surface area contributed by atoms with E-state index in [4.69, 9.17) is 10.2 Å². The average Bonchev–Trinajstić information content (AvgIpc) is 3.28. The number of rotatable bonds is 8. The van der Waals surface area contributed by atoms with Gasteiger partial charge in [-0.3, -0.25) is 0 Å². The van der Waals surface area contributed by atoms with Gasteiger partial charge in [-0.25, -0.2) is 4.98 Å². The van der Waals surface area contributed by atoms with Crippen molar-refractivity contribution in [2.24, 2.45) is 0 Å². The predicted octanol–water partition coefficient (Wildman–Crippen LogP) is 4.12. The van der Waals surface area contributed by atoms with Crippen molar-refractivity contribution < 1.29 is 5.11 Å². The molecule has 7 heteroatoms. The highest BCUT2D eigenvalue weighted by atomic mass is 16.3. The molecule has 0 saturated carbocycles. The maximum Gasteiger partial charge on any atom is 0.229 e. The van der Waals surface area contributed by atoms with Crippen LogP contribution in [0.4, 0.5) is 17.5 Å². The fourth-order valence-corrected chi connectivity index (χ4v) is 3.89. The van der Waals surface area contributed by atoms with E-state index >= 15 is 0 Å². The minimum Gasteiger partial charge on any atom is -0.508 e. The Morgan fingerprint density at radius 2 is 2.00 bits per heavy atom. The Morgan fingerprint density at radius 3 is 2.78 bits per heavy atom. The van der Waals surface area contributed by atoms with Gasteiger partial charge in [0.15, 0.2) is 0 Å². The lowest BCUT2D eigenvalue weighted by Crippen LogP contribution is -2.32. The van der Waals surface area contributed by atoms with Gasteiger partial charge in [-0.1, -0.05) is 31.5 Å². The van der Waals surface area contributed by atoms with E-state index in [1.807, 2.05) is 24.3 Å². The van der Waals surface area contributed by atoms with Crippen LogP contribution in [0.25, 0.3) is 0 Å². The van der Waals surface area contributed by atoms with E-state index in [1.54, 1.807) is 24.3 Å². The van der Waals surface area contributed by atoms with Gasteiger partial charge in [-0.2, -0.15) is 10.2 Å².